The summed E-state index contributed by atoms with van der Waals surface area (Å²) in [5, 5.41) is 3.93. The van der Waals surface area contributed by atoms with Gasteiger partial charge in [0.15, 0.2) is 5.13 Å². The average Bonchev–Trinajstić information content (AvgIpc) is 3.02. The Morgan fingerprint density at radius 3 is 2.71 bits per heavy atom. The predicted molar refractivity (Wildman–Crippen MR) is 112 cm³/mol. The lowest BCUT2D eigenvalue weighted by Gasteiger charge is -2.35. The first-order valence-electron chi connectivity index (χ1n) is 9.13. The van der Waals surface area contributed by atoms with E-state index in [1.54, 1.807) is 13.8 Å². The van der Waals surface area contributed by atoms with Crippen LogP contribution >= 0.6 is 22.9 Å². The molecule has 0 bridgehead atoms. The highest BCUT2D eigenvalue weighted by molar-refractivity contribution is 7.17. The monoisotopic (exact) mass is 422 g/mol. The molecule has 1 aromatic heterocycles. The van der Waals surface area contributed by atoms with Gasteiger partial charge in [-0.3, -0.25) is 9.69 Å². The van der Waals surface area contributed by atoms with Gasteiger partial charge in [0.1, 0.15) is 4.88 Å². The van der Waals surface area contributed by atoms with Crippen LogP contribution in [0.2, 0.25) is 5.02 Å². The van der Waals surface area contributed by atoms with Crippen molar-refractivity contribution in [1.82, 2.24) is 9.88 Å². The lowest BCUT2D eigenvalue weighted by atomic mass is 10.2. The Hall–Kier alpha value is -2.16. The van der Waals surface area contributed by atoms with E-state index in [-0.39, 0.29) is 12.5 Å². The van der Waals surface area contributed by atoms with E-state index in [0.717, 1.165) is 48.2 Å². The Balaban J connectivity index is 1.50. The number of piperazine rings is 1. The van der Waals surface area contributed by atoms with Crippen molar-refractivity contribution >= 4 is 45.6 Å². The van der Waals surface area contributed by atoms with Crippen molar-refractivity contribution in [1.29, 1.82) is 0 Å². The van der Waals surface area contributed by atoms with Gasteiger partial charge in [0.25, 0.3) is 0 Å². The van der Waals surface area contributed by atoms with Crippen LogP contribution in [0.25, 0.3) is 0 Å². The van der Waals surface area contributed by atoms with Crippen LogP contribution in [0.15, 0.2) is 24.3 Å². The summed E-state index contributed by atoms with van der Waals surface area (Å²) in [6.45, 7) is 7.30. The number of rotatable bonds is 6. The van der Waals surface area contributed by atoms with Crippen molar-refractivity contribution in [3.63, 3.8) is 0 Å². The van der Waals surface area contributed by atoms with Crippen LogP contribution < -0.4 is 10.2 Å². The molecule has 1 aliphatic rings. The zero-order chi connectivity index (χ0) is 20.1. The number of esters is 1. The van der Waals surface area contributed by atoms with Crippen molar-refractivity contribution in [3.8, 4) is 0 Å². The molecule has 0 spiro atoms. The van der Waals surface area contributed by atoms with Crippen LogP contribution in [-0.2, 0) is 9.53 Å². The molecule has 3 rings (SSSR count). The lowest BCUT2D eigenvalue weighted by Crippen LogP contribution is -2.48. The Morgan fingerprint density at radius 2 is 2.04 bits per heavy atom. The number of hydrogen-bond donors (Lipinski definition) is 1. The minimum absolute atomic E-state index is 0.139. The Kier molecular flexibility index (Phi) is 6.88. The normalized spacial score (nSPS) is 14.8. The molecule has 1 aromatic carbocycles. The minimum atomic E-state index is -0.407. The summed E-state index contributed by atoms with van der Waals surface area (Å²) < 4.78 is 5.00. The zero-order valence-electron chi connectivity index (χ0n) is 15.9. The first-order chi connectivity index (χ1) is 13.5. The van der Waals surface area contributed by atoms with Gasteiger partial charge < -0.3 is 15.0 Å². The molecule has 0 atom stereocenters. The highest BCUT2D eigenvalue weighted by atomic mass is 35.5. The van der Waals surface area contributed by atoms with E-state index in [1.807, 2.05) is 24.3 Å². The van der Waals surface area contributed by atoms with Crippen molar-refractivity contribution in [2.24, 2.45) is 0 Å². The third-order valence-corrected chi connectivity index (χ3v) is 5.70. The first-order valence-corrected chi connectivity index (χ1v) is 10.3. The molecule has 7 nitrogen and oxygen atoms in total. The summed E-state index contributed by atoms with van der Waals surface area (Å²) in [7, 11) is 0. The summed E-state index contributed by atoms with van der Waals surface area (Å²) in [5.74, 6) is -0.546. The number of halogens is 1. The third-order valence-electron chi connectivity index (χ3n) is 4.42. The molecular weight excluding hydrogens is 400 g/mol. The molecule has 2 aromatic rings. The van der Waals surface area contributed by atoms with Gasteiger partial charge in [-0.25, -0.2) is 9.78 Å². The van der Waals surface area contributed by atoms with E-state index in [9.17, 15) is 9.59 Å². The van der Waals surface area contributed by atoms with Crippen LogP contribution in [-0.4, -0.2) is 61.1 Å². The van der Waals surface area contributed by atoms with Gasteiger partial charge in [0.05, 0.1) is 18.8 Å². The Bertz CT molecular complexity index is 849. The van der Waals surface area contributed by atoms with E-state index >= 15 is 0 Å². The van der Waals surface area contributed by atoms with Crippen LogP contribution in [0.3, 0.4) is 0 Å². The number of carbonyl (C=O) groups is 2. The van der Waals surface area contributed by atoms with Gasteiger partial charge in [-0.1, -0.05) is 29.0 Å². The molecule has 0 aliphatic carbocycles. The third kappa shape index (κ3) is 5.21. The number of carbonyl (C=O) groups excluding carboxylic acids is 2. The van der Waals surface area contributed by atoms with Crippen molar-refractivity contribution in [2.45, 2.75) is 13.8 Å². The number of ether oxygens (including phenoxy) is 1. The van der Waals surface area contributed by atoms with Gasteiger partial charge >= 0.3 is 5.97 Å². The standard InChI is InChI=1S/C19H23ClN4O3S/c1-3-27-18(26)17-13(2)21-19(28-17)22-16(25)12-23-7-9-24(10-8-23)15-6-4-5-14(20)11-15/h4-6,11H,3,7-10,12H2,1-2H3,(H,21,22,25). The second-order valence-corrected chi connectivity index (χ2v) is 7.88. The van der Waals surface area contributed by atoms with Crippen LogP contribution in [0.1, 0.15) is 22.3 Å². The molecule has 1 fully saturated rings. The molecule has 9 heteroatoms. The molecular formula is C19H23ClN4O3S. The molecule has 2 heterocycles. The smallest absolute Gasteiger partial charge is 0.350 e. The lowest BCUT2D eigenvalue weighted by molar-refractivity contribution is -0.117. The number of nitrogens with zero attached hydrogens (tertiary/aromatic N) is 3. The largest absolute Gasteiger partial charge is 0.462 e. The zero-order valence-corrected chi connectivity index (χ0v) is 17.5. The molecule has 150 valence electrons. The van der Waals surface area contributed by atoms with Crippen molar-refractivity contribution in [2.75, 3.05) is 49.5 Å². The van der Waals surface area contributed by atoms with Gasteiger partial charge in [0, 0.05) is 36.9 Å². The fourth-order valence-electron chi connectivity index (χ4n) is 3.03. The molecule has 28 heavy (non-hydrogen) atoms. The summed E-state index contributed by atoms with van der Waals surface area (Å²) in [4.78, 5) is 33.3. The number of thiazole rings is 1. The SMILES string of the molecule is CCOC(=O)c1sc(NC(=O)CN2CCN(c3cccc(Cl)c3)CC2)nc1C. The molecule has 0 radical (unpaired) electrons. The number of hydrogen-bond acceptors (Lipinski definition) is 7. The van der Waals surface area contributed by atoms with Gasteiger partial charge in [-0.15, -0.1) is 0 Å². The van der Waals surface area contributed by atoms with E-state index in [2.05, 4.69) is 20.1 Å². The number of anilines is 2. The van der Waals surface area contributed by atoms with Crippen LogP contribution in [0.4, 0.5) is 10.8 Å². The molecule has 1 aliphatic heterocycles. The van der Waals surface area contributed by atoms with Crippen molar-refractivity contribution < 1.29 is 14.3 Å². The first kappa shape index (κ1) is 20.6. The number of benzene rings is 1. The number of aromatic nitrogens is 1. The molecule has 0 saturated carbocycles. The highest BCUT2D eigenvalue weighted by Crippen LogP contribution is 2.24. The topological polar surface area (TPSA) is 74.8 Å². The van der Waals surface area contributed by atoms with Crippen LogP contribution in [0, 0.1) is 6.92 Å². The quantitative estimate of drug-likeness (QED) is 0.721. The maximum absolute atomic E-state index is 12.4. The summed E-state index contributed by atoms with van der Waals surface area (Å²) in [6.07, 6.45) is 0. The molecule has 0 unspecified atom stereocenters. The maximum atomic E-state index is 12.4. The summed E-state index contributed by atoms with van der Waals surface area (Å²) in [5.41, 5.74) is 1.66. The molecule has 1 N–H and O–H groups in total. The predicted octanol–water partition coefficient (Wildman–Crippen LogP) is 3.04. The number of amides is 1. The summed E-state index contributed by atoms with van der Waals surface area (Å²) in [6, 6.07) is 7.80. The van der Waals surface area contributed by atoms with Gasteiger partial charge in [-0.2, -0.15) is 0 Å². The maximum Gasteiger partial charge on any atom is 0.350 e. The van der Waals surface area contributed by atoms with E-state index in [1.165, 1.54) is 0 Å². The van der Waals surface area contributed by atoms with Gasteiger partial charge in [0.2, 0.25) is 5.91 Å². The second-order valence-electron chi connectivity index (χ2n) is 6.45. The van der Waals surface area contributed by atoms with E-state index in [0.29, 0.717) is 22.3 Å². The Morgan fingerprint density at radius 1 is 1.29 bits per heavy atom. The van der Waals surface area contributed by atoms with Crippen LogP contribution in [0.5, 0.6) is 0 Å². The fraction of sp³-hybridized carbons (Fsp3) is 0.421. The molecule has 1 amide bonds. The van der Waals surface area contributed by atoms with E-state index < -0.39 is 5.97 Å². The van der Waals surface area contributed by atoms with Gasteiger partial charge in [-0.05, 0) is 32.0 Å². The second kappa shape index (κ2) is 9.36. The van der Waals surface area contributed by atoms with E-state index in [4.69, 9.17) is 16.3 Å². The highest BCUT2D eigenvalue weighted by Gasteiger charge is 2.21. The van der Waals surface area contributed by atoms with Crippen molar-refractivity contribution in [3.05, 3.63) is 39.9 Å². The number of aryl methyl sites for hydroxylation is 1. The minimum Gasteiger partial charge on any atom is -0.462 e. The fourth-order valence-corrected chi connectivity index (χ4v) is 4.10. The number of nitrogens with one attached hydrogen (secondary N) is 1. The molecule has 1 saturated heterocycles. The average molecular weight is 423 g/mol. The Labute approximate surface area is 173 Å². The summed E-state index contributed by atoms with van der Waals surface area (Å²) >= 11 is 7.20.